The van der Waals surface area contributed by atoms with Crippen molar-refractivity contribution in [2.24, 2.45) is 0 Å². The van der Waals surface area contributed by atoms with E-state index < -0.39 is 0 Å². The third kappa shape index (κ3) is 3.12. The molecule has 0 saturated heterocycles. The van der Waals surface area contributed by atoms with Crippen molar-refractivity contribution in [2.75, 3.05) is 18.5 Å². The molecule has 1 N–H and O–H groups in total. The number of benzene rings is 1. The molecule has 0 unspecified atom stereocenters. The highest BCUT2D eigenvalue weighted by Gasteiger charge is 2.12. The van der Waals surface area contributed by atoms with Gasteiger partial charge in [-0.05, 0) is 54.1 Å². The molecule has 21 heavy (non-hydrogen) atoms. The van der Waals surface area contributed by atoms with E-state index in [-0.39, 0.29) is 5.15 Å². The smallest absolute Gasteiger partial charge is 0.162 e. The highest BCUT2D eigenvalue weighted by atomic mass is 35.5. The molecule has 108 valence electrons. The SMILES string of the molecule is N#Cc1c(Cl)nsc1NCCOc1ccc2c(c1)CCC2. The molecular weight excluding hydrogens is 306 g/mol. The van der Waals surface area contributed by atoms with Crippen LogP contribution in [-0.2, 0) is 12.8 Å². The lowest BCUT2D eigenvalue weighted by Gasteiger charge is -2.09. The second kappa shape index (κ2) is 6.33. The molecule has 3 rings (SSSR count). The Morgan fingerprint density at radius 2 is 2.24 bits per heavy atom. The number of hydrogen-bond donors (Lipinski definition) is 1. The topological polar surface area (TPSA) is 57.9 Å². The maximum absolute atomic E-state index is 8.97. The number of nitrogens with one attached hydrogen (secondary N) is 1. The van der Waals surface area contributed by atoms with Crippen molar-refractivity contribution < 1.29 is 4.74 Å². The Bertz CT molecular complexity index is 693. The molecule has 4 nitrogen and oxygen atoms in total. The molecule has 1 aromatic heterocycles. The van der Waals surface area contributed by atoms with Gasteiger partial charge in [-0.25, -0.2) is 0 Å². The monoisotopic (exact) mass is 319 g/mol. The molecule has 1 aliphatic carbocycles. The fraction of sp³-hybridized carbons (Fsp3) is 0.333. The van der Waals surface area contributed by atoms with Gasteiger partial charge in [0.15, 0.2) is 5.15 Å². The fourth-order valence-corrected chi connectivity index (χ4v) is 3.42. The van der Waals surface area contributed by atoms with Gasteiger partial charge in [0.05, 0.1) is 0 Å². The molecular formula is C15H14ClN3OS. The van der Waals surface area contributed by atoms with Crippen LogP contribution in [0.1, 0.15) is 23.1 Å². The zero-order valence-electron chi connectivity index (χ0n) is 11.4. The summed E-state index contributed by atoms with van der Waals surface area (Å²) in [5, 5.41) is 13.1. The normalized spacial score (nSPS) is 12.8. The minimum absolute atomic E-state index is 0.254. The average Bonchev–Trinajstić information content (AvgIpc) is 3.09. The van der Waals surface area contributed by atoms with Crippen LogP contribution < -0.4 is 10.1 Å². The first kappa shape index (κ1) is 14.2. The summed E-state index contributed by atoms with van der Waals surface area (Å²) >= 11 is 7.01. The summed E-state index contributed by atoms with van der Waals surface area (Å²) in [6.45, 7) is 1.13. The van der Waals surface area contributed by atoms with Crippen LogP contribution in [0.5, 0.6) is 5.75 Å². The van der Waals surface area contributed by atoms with Crippen LogP contribution in [0.2, 0.25) is 5.15 Å². The first-order valence-corrected chi connectivity index (χ1v) is 7.97. The molecule has 1 aliphatic rings. The number of nitrogens with zero attached hydrogens (tertiary/aromatic N) is 2. The Labute approximate surface area is 132 Å². The first-order valence-electron chi connectivity index (χ1n) is 6.81. The predicted octanol–water partition coefficient (Wildman–Crippen LogP) is 3.65. The molecule has 0 aliphatic heterocycles. The number of anilines is 1. The van der Waals surface area contributed by atoms with Crippen LogP contribution in [0, 0.1) is 11.3 Å². The number of halogens is 1. The van der Waals surface area contributed by atoms with Crippen molar-refractivity contribution in [2.45, 2.75) is 19.3 Å². The van der Waals surface area contributed by atoms with E-state index in [9.17, 15) is 0 Å². The zero-order valence-corrected chi connectivity index (χ0v) is 12.9. The Morgan fingerprint density at radius 3 is 3.10 bits per heavy atom. The minimum Gasteiger partial charge on any atom is -0.492 e. The standard InChI is InChI=1S/C15H14ClN3OS/c16-14-13(9-17)15(21-19-14)18-6-7-20-12-5-4-10-2-1-3-11(10)8-12/h4-5,8,18H,1-3,6-7H2. The molecule has 0 bridgehead atoms. The Balaban J connectivity index is 1.51. The molecule has 0 amide bonds. The molecule has 6 heteroatoms. The van der Waals surface area contributed by atoms with Gasteiger partial charge < -0.3 is 10.1 Å². The third-order valence-corrected chi connectivity index (χ3v) is 4.67. The van der Waals surface area contributed by atoms with E-state index in [4.69, 9.17) is 21.6 Å². The van der Waals surface area contributed by atoms with Crippen molar-refractivity contribution in [3.05, 3.63) is 40.0 Å². The Kier molecular flexibility index (Phi) is 4.28. The number of hydrogen-bond acceptors (Lipinski definition) is 5. The lowest BCUT2D eigenvalue weighted by atomic mass is 10.1. The van der Waals surface area contributed by atoms with Crippen LogP contribution >= 0.6 is 23.1 Å². The quantitative estimate of drug-likeness (QED) is 0.855. The van der Waals surface area contributed by atoms with Crippen LogP contribution in [0.4, 0.5) is 5.00 Å². The van der Waals surface area contributed by atoms with Crippen LogP contribution in [-0.4, -0.2) is 17.5 Å². The van der Waals surface area contributed by atoms with Crippen molar-refractivity contribution >= 4 is 28.1 Å². The molecule has 1 aromatic carbocycles. The molecule has 0 saturated carbocycles. The number of fused-ring (bicyclic) bond motifs is 1. The Morgan fingerprint density at radius 1 is 1.38 bits per heavy atom. The van der Waals surface area contributed by atoms with E-state index in [0.717, 1.165) is 12.2 Å². The van der Waals surface area contributed by atoms with E-state index in [0.29, 0.717) is 23.7 Å². The maximum Gasteiger partial charge on any atom is 0.162 e. The number of aromatic nitrogens is 1. The van der Waals surface area contributed by atoms with Gasteiger partial charge in [-0.3, -0.25) is 0 Å². The van der Waals surface area contributed by atoms with Gasteiger partial charge in [-0.1, -0.05) is 17.7 Å². The summed E-state index contributed by atoms with van der Waals surface area (Å²) in [5.41, 5.74) is 3.25. The van der Waals surface area contributed by atoms with Gasteiger partial charge in [0.1, 0.15) is 29.0 Å². The zero-order chi connectivity index (χ0) is 14.7. The second-order valence-corrected chi connectivity index (χ2v) is 5.98. The largest absolute Gasteiger partial charge is 0.492 e. The van der Waals surface area contributed by atoms with Crippen molar-refractivity contribution in [3.63, 3.8) is 0 Å². The van der Waals surface area contributed by atoms with Gasteiger partial charge in [0, 0.05) is 6.54 Å². The number of ether oxygens (including phenoxy) is 1. The van der Waals surface area contributed by atoms with Crippen molar-refractivity contribution in [1.82, 2.24) is 4.37 Å². The molecule has 2 aromatic rings. The van der Waals surface area contributed by atoms with Gasteiger partial charge in [-0.2, -0.15) is 9.64 Å². The highest BCUT2D eigenvalue weighted by Crippen LogP contribution is 2.28. The number of rotatable bonds is 5. The average molecular weight is 320 g/mol. The van der Waals surface area contributed by atoms with Gasteiger partial charge in [-0.15, -0.1) is 0 Å². The maximum atomic E-state index is 8.97. The third-order valence-electron chi connectivity index (χ3n) is 3.49. The summed E-state index contributed by atoms with van der Waals surface area (Å²) in [6.07, 6.45) is 3.57. The van der Waals surface area contributed by atoms with Gasteiger partial charge in [0.2, 0.25) is 0 Å². The number of nitriles is 1. The molecule has 0 fully saturated rings. The lowest BCUT2D eigenvalue weighted by molar-refractivity contribution is 0.332. The summed E-state index contributed by atoms with van der Waals surface area (Å²) < 4.78 is 9.68. The molecule has 0 spiro atoms. The highest BCUT2D eigenvalue weighted by molar-refractivity contribution is 7.10. The van der Waals surface area contributed by atoms with E-state index in [1.807, 2.05) is 12.1 Å². The lowest BCUT2D eigenvalue weighted by Crippen LogP contribution is -2.11. The number of aryl methyl sites for hydroxylation is 2. The van der Waals surface area contributed by atoms with Crippen molar-refractivity contribution in [1.29, 1.82) is 5.26 Å². The minimum atomic E-state index is 0.254. The summed E-state index contributed by atoms with van der Waals surface area (Å²) in [7, 11) is 0. The first-order chi connectivity index (χ1) is 10.3. The van der Waals surface area contributed by atoms with Crippen LogP contribution in [0.15, 0.2) is 18.2 Å². The predicted molar refractivity (Wildman–Crippen MR) is 84.3 cm³/mol. The molecule has 0 atom stereocenters. The summed E-state index contributed by atoms with van der Waals surface area (Å²) in [4.78, 5) is 0. The van der Waals surface area contributed by atoms with E-state index in [2.05, 4.69) is 21.8 Å². The summed E-state index contributed by atoms with van der Waals surface area (Å²) in [5.74, 6) is 0.903. The van der Waals surface area contributed by atoms with Crippen LogP contribution in [0.3, 0.4) is 0 Å². The van der Waals surface area contributed by atoms with Gasteiger partial charge in [0.25, 0.3) is 0 Å². The Hall–Kier alpha value is -1.77. The molecule has 0 radical (unpaired) electrons. The van der Waals surface area contributed by atoms with E-state index in [1.165, 1.54) is 35.5 Å². The fourth-order valence-electron chi connectivity index (χ4n) is 2.46. The van der Waals surface area contributed by atoms with Crippen molar-refractivity contribution in [3.8, 4) is 11.8 Å². The molecule has 1 heterocycles. The second-order valence-electron chi connectivity index (χ2n) is 4.85. The van der Waals surface area contributed by atoms with E-state index in [1.54, 1.807) is 0 Å². The summed E-state index contributed by atoms with van der Waals surface area (Å²) in [6, 6.07) is 8.35. The van der Waals surface area contributed by atoms with Gasteiger partial charge >= 0.3 is 0 Å². The van der Waals surface area contributed by atoms with Crippen LogP contribution in [0.25, 0.3) is 0 Å². The van der Waals surface area contributed by atoms with E-state index >= 15 is 0 Å².